The zero-order valence-corrected chi connectivity index (χ0v) is 16.5. The Morgan fingerprint density at radius 1 is 1.12 bits per heavy atom. The highest BCUT2D eigenvalue weighted by Gasteiger charge is 2.07. The van der Waals surface area contributed by atoms with Gasteiger partial charge in [0.15, 0.2) is 5.78 Å². The van der Waals surface area contributed by atoms with Crippen LogP contribution in [0.15, 0.2) is 70.5 Å². The van der Waals surface area contributed by atoms with Crippen molar-refractivity contribution in [3.05, 3.63) is 86.5 Å². The molecular weight excluding hydrogens is 412 g/mol. The van der Waals surface area contributed by atoms with Crippen LogP contribution in [0, 0.1) is 0 Å². The van der Waals surface area contributed by atoms with Crippen LogP contribution >= 0.6 is 27.3 Å². The van der Waals surface area contributed by atoms with Crippen molar-refractivity contribution in [1.29, 1.82) is 0 Å². The number of allylic oxidation sites excluding steroid dienone is 1. The molecular formula is C21H17BrO3S. The molecule has 132 valence electrons. The Morgan fingerprint density at radius 3 is 2.69 bits per heavy atom. The smallest absolute Gasteiger partial charge is 0.195 e. The van der Waals surface area contributed by atoms with Crippen LogP contribution < -0.4 is 9.47 Å². The van der Waals surface area contributed by atoms with E-state index >= 15 is 0 Å². The number of benzene rings is 2. The van der Waals surface area contributed by atoms with Gasteiger partial charge in [0.05, 0.1) is 16.5 Å². The fourth-order valence-corrected chi connectivity index (χ4v) is 3.45. The molecule has 1 heterocycles. The van der Waals surface area contributed by atoms with Crippen molar-refractivity contribution in [2.24, 2.45) is 0 Å². The standard InChI is InChI=1S/C21H17BrO3S/c1-24-19-11-9-15(8-10-18(23)21-7-4-12-26-21)13-16(19)14-25-20-6-3-2-5-17(20)22/h2-13H,14H2,1H3/b10-8+. The van der Waals surface area contributed by atoms with E-state index in [4.69, 9.17) is 9.47 Å². The average molecular weight is 429 g/mol. The van der Waals surface area contributed by atoms with E-state index in [9.17, 15) is 4.79 Å². The van der Waals surface area contributed by atoms with Gasteiger partial charge >= 0.3 is 0 Å². The summed E-state index contributed by atoms with van der Waals surface area (Å²) in [5.74, 6) is 1.52. The van der Waals surface area contributed by atoms with Gasteiger partial charge in [0.2, 0.25) is 0 Å². The minimum absolute atomic E-state index is 0.00170. The summed E-state index contributed by atoms with van der Waals surface area (Å²) in [6.45, 7) is 0.367. The molecule has 0 radical (unpaired) electrons. The Morgan fingerprint density at radius 2 is 1.96 bits per heavy atom. The fourth-order valence-electron chi connectivity index (χ4n) is 2.41. The van der Waals surface area contributed by atoms with Gasteiger partial charge in [0.1, 0.15) is 18.1 Å². The van der Waals surface area contributed by atoms with E-state index in [0.717, 1.165) is 32.0 Å². The number of hydrogen-bond acceptors (Lipinski definition) is 4. The van der Waals surface area contributed by atoms with Crippen molar-refractivity contribution in [3.63, 3.8) is 0 Å². The molecule has 0 N–H and O–H groups in total. The Balaban J connectivity index is 1.76. The van der Waals surface area contributed by atoms with E-state index in [-0.39, 0.29) is 5.78 Å². The molecule has 3 aromatic rings. The summed E-state index contributed by atoms with van der Waals surface area (Å²) in [4.78, 5) is 12.8. The molecule has 0 saturated heterocycles. The maximum atomic E-state index is 12.1. The molecule has 0 unspecified atom stereocenters. The van der Waals surface area contributed by atoms with Gasteiger partial charge in [-0.25, -0.2) is 0 Å². The molecule has 0 saturated carbocycles. The summed E-state index contributed by atoms with van der Waals surface area (Å²) < 4.78 is 12.2. The molecule has 3 nitrogen and oxygen atoms in total. The van der Waals surface area contributed by atoms with E-state index < -0.39 is 0 Å². The van der Waals surface area contributed by atoms with E-state index in [2.05, 4.69) is 15.9 Å². The lowest BCUT2D eigenvalue weighted by Crippen LogP contribution is -2.00. The van der Waals surface area contributed by atoms with Crippen molar-refractivity contribution >= 4 is 39.1 Å². The second-order valence-electron chi connectivity index (χ2n) is 5.47. The monoisotopic (exact) mass is 428 g/mol. The zero-order chi connectivity index (χ0) is 18.4. The maximum absolute atomic E-state index is 12.1. The number of halogens is 1. The third-order valence-corrected chi connectivity index (χ3v) is 5.26. The topological polar surface area (TPSA) is 35.5 Å². The number of hydrogen-bond donors (Lipinski definition) is 0. The lowest BCUT2D eigenvalue weighted by atomic mass is 10.1. The largest absolute Gasteiger partial charge is 0.496 e. The van der Waals surface area contributed by atoms with Crippen LogP contribution in [0.25, 0.3) is 6.08 Å². The van der Waals surface area contributed by atoms with Gasteiger partial charge in [-0.05, 0) is 63.3 Å². The summed E-state index contributed by atoms with van der Waals surface area (Å²) >= 11 is 4.91. The van der Waals surface area contributed by atoms with Crippen LogP contribution in [0.1, 0.15) is 20.8 Å². The van der Waals surface area contributed by atoms with Crippen molar-refractivity contribution in [2.75, 3.05) is 7.11 Å². The second kappa shape index (κ2) is 8.83. The van der Waals surface area contributed by atoms with Gasteiger partial charge in [-0.1, -0.05) is 30.3 Å². The molecule has 0 aliphatic carbocycles. The van der Waals surface area contributed by atoms with Crippen molar-refractivity contribution in [2.45, 2.75) is 6.61 Å². The first-order chi connectivity index (χ1) is 12.7. The number of methoxy groups -OCH3 is 1. The van der Waals surface area contributed by atoms with Crippen molar-refractivity contribution in [3.8, 4) is 11.5 Å². The molecule has 0 aliphatic rings. The molecule has 0 fully saturated rings. The van der Waals surface area contributed by atoms with Crippen LogP contribution in [0.5, 0.6) is 11.5 Å². The summed E-state index contributed by atoms with van der Waals surface area (Å²) in [6.07, 6.45) is 3.40. The van der Waals surface area contributed by atoms with Gasteiger partial charge in [0.25, 0.3) is 0 Å². The molecule has 0 bridgehead atoms. The van der Waals surface area contributed by atoms with Gasteiger partial charge < -0.3 is 9.47 Å². The molecule has 0 aliphatic heterocycles. The van der Waals surface area contributed by atoms with Crippen LogP contribution in [0.4, 0.5) is 0 Å². The van der Waals surface area contributed by atoms with E-state index in [1.54, 1.807) is 13.2 Å². The molecule has 3 rings (SSSR count). The minimum atomic E-state index is 0.00170. The van der Waals surface area contributed by atoms with E-state index in [0.29, 0.717) is 6.61 Å². The number of para-hydroxylation sites is 1. The van der Waals surface area contributed by atoms with Gasteiger partial charge in [-0.15, -0.1) is 11.3 Å². The third kappa shape index (κ3) is 4.62. The Bertz CT molecular complexity index is 917. The Hall–Kier alpha value is -2.37. The van der Waals surface area contributed by atoms with E-state index in [1.165, 1.54) is 11.3 Å². The minimum Gasteiger partial charge on any atom is -0.496 e. The molecule has 0 amide bonds. The van der Waals surface area contributed by atoms with Gasteiger partial charge in [-0.2, -0.15) is 0 Å². The molecule has 2 aromatic carbocycles. The Kier molecular flexibility index (Phi) is 6.26. The highest BCUT2D eigenvalue weighted by atomic mass is 79.9. The highest BCUT2D eigenvalue weighted by molar-refractivity contribution is 9.10. The van der Waals surface area contributed by atoms with Crippen molar-refractivity contribution < 1.29 is 14.3 Å². The first-order valence-electron chi connectivity index (χ1n) is 7.97. The quantitative estimate of drug-likeness (QED) is 0.342. The fraction of sp³-hybridized carbons (Fsp3) is 0.0952. The average Bonchev–Trinajstić information content (AvgIpc) is 3.20. The highest BCUT2D eigenvalue weighted by Crippen LogP contribution is 2.27. The molecule has 26 heavy (non-hydrogen) atoms. The number of thiophene rings is 1. The number of carbonyl (C=O) groups is 1. The predicted molar refractivity (Wildman–Crippen MR) is 109 cm³/mol. The maximum Gasteiger partial charge on any atom is 0.195 e. The molecule has 5 heteroatoms. The summed E-state index contributed by atoms with van der Waals surface area (Å²) in [5, 5.41) is 1.89. The number of rotatable bonds is 7. The van der Waals surface area contributed by atoms with Crippen LogP contribution in [0.2, 0.25) is 0 Å². The number of ketones is 1. The van der Waals surface area contributed by atoms with Gasteiger partial charge in [0, 0.05) is 5.56 Å². The number of carbonyl (C=O) groups excluding carboxylic acids is 1. The number of ether oxygens (including phenoxy) is 2. The summed E-state index contributed by atoms with van der Waals surface area (Å²) in [7, 11) is 1.63. The Labute approximate surface area is 165 Å². The lowest BCUT2D eigenvalue weighted by molar-refractivity contribution is 0.105. The predicted octanol–water partition coefficient (Wildman–Crippen LogP) is 5.99. The SMILES string of the molecule is COc1ccc(/C=C/C(=O)c2cccs2)cc1COc1ccccc1Br. The zero-order valence-electron chi connectivity index (χ0n) is 14.1. The lowest BCUT2D eigenvalue weighted by Gasteiger charge is -2.12. The molecule has 0 atom stereocenters. The third-order valence-electron chi connectivity index (χ3n) is 3.72. The normalized spacial score (nSPS) is 10.8. The summed E-state index contributed by atoms with van der Waals surface area (Å²) in [6, 6.07) is 17.2. The van der Waals surface area contributed by atoms with E-state index in [1.807, 2.05) is 66.1 Å². The first-order valence-corrected chi connectivity index (χ1v) is 9.65. The van der Waals surface area contributed by atoms with Crippen LogP contribution in [0.3, 0.4) is 0 Å². The summed E-state index contributed by atoms with van der Waals surface area (Å²) in [5.41, 5.74) is 1.83. The first kappa shape index (κ1) is 18.4. The second-order valence-corrected chi connectivity index (χ2v) is 7.27. The molecule has 0 spiro atoms. The van der Waals surface area contributed by atoms with Crippen LogP contribution in [-0.4, -0.2) is 12.9 Å². The van der Waals surface area contributed by atoms with Gasteiger partial charge in [-0.3, -0.25) is 4.79 Å². The van der Waals surface area contributed by atoms with Crippen LogP contribution in [-0.2, 0) is 6.61 Å². The molecule has 1 aromatic heterocycles. The van der Waals surface area contributed by atoms with Crippen molar-refractivity contribution in [1.82, 2.24) is 0 Å².